The zero-order valence-electron chi connectivity index (χ0n) is 14.1. The van der Waals surface area contributed by atoms with Crippen LogP contribution in [0.5, 0.6) is 0 Å². The zero-order chi connectivity index (χ0) is 18.0. The van der Waals surface area contributed by atoms with Crippen LogP contribution in [0.2, 0.25) is 0 Å². The molecule has 0 atom stereocenters. The molecule has 0 radical (unpaired) electrons. The van der Waals surface area contributed by atoms with Crippen molar-refractivity contribution in [2.45, 2.75) is 0 Å². The fraction of sp³-hybridized carbons (Fsp3) is 0.278. The van der Waals surface area contributed by atoms with Crippen LogP contribution in [0.3, 0.4) is 0 Å². The molecule has 2 aromatic rings. The lowest BCUT2D eigenvalue weighted by atomic mass is 10.00. The Labute approximate surface area is 148 Å². The quantitative estimate of drug-likeness (QED) is 0.646. The van der Waals surface area contributed by atoms with Gasteiger partial charge in [0.2, 0.25) is 10.0 Å². The summed E-state index contributed by atoms with van der Waals surface area (Å²) in [7, 11) is -3.17. The molecule has 0 bridgehead atoms. The maximum atomic E-state index is 11.7. The Kier molecular flexibility index (Phi) is 4.78. The third kappa shape index (κ3) is 3.67. The summed E-state index contributed by atoms with van der Waals surface area (Å²) >= 11 is 0. The van der Waals surface area contributed by atoms with Crippen LogP contribution < -0.4 is 10.6 Å². The molecule has 3 rings (SSSR count). The van der Waals surface area contributed by atoms with Crippen LogP contribution in [0.25, 0.3) is 11.1 Å². The van der Waals surface area contributed by atoms with E-state index < -0.39 is 10.0 Å². The molecule has 6 nitrogen and oxygen atoms in total. The van der Waals surface area contributed by atoms with Crippen molar-refractivity contribution in [3.05, 3.63) is 48.0 Å². The van der Waals surface area contributed by atoms with Crippen LogP contribution in [-0.2, 0) is 10.0 Å². The van der Waals surface area contributed by atoms with Crippen molar-refractivity contribution in [3.8, 4) is 11.1 Å². The molecule has 0 saturated carbocycles. The summed E-state index contributed by atoms with van der Waals surface area (Å²) in [5, 5.41) is 7.72. The molecule has 0 spiro atoms. The third-order valence-corrected chi connectivity index (χ3v) is 5.79. The summed E-state index contributed by atoms with van der Waals surface area (Å²) < 4.78 is 24.9. The van der Waals surface area contributed by atoms with E-state index in [1.54, 1.807) is 0 Å². The van der Waals surface area contributed by atoms with E-state index >= 15 is 0 Å². The Morgan fingerprint density at radius 1 is 1.04 bits per heavy atom. The summed E-state index contributed by atoms with van der Waals surface area (Å²) in [6.45, 7) is 2.02. The summed E-state index contributed by atoms with van der Waals surface area (Å²) in [5.74, 6) is 0. The first-order valence-corrected chi connectivity index (χ1v) is 9.94. The minimum Gasteiger partial charge on any atom is -0.398 e. The van der Waals surface area contributed by atoms with Gasteiger partial charge in [0.1, 0.15) is 0 Å². The summed E-state index contributed by atoms with van der Waals surface area (Å²) in [4.78, 5) is 2.10. The van der Waals surface area contributed by atoms with Crippen molar-refractivity contribution in [1.29, 1.82) is 5.41 Å². The number of sulfonamides is 1. The standard InChI is InChI=1S/C18H22N4O2S/c1-25(23,24)22-9-7-21(8-10-22)18-12-15(11-17(20)16(18)13-19)14-5-3-2-4-6-14/h2-6,11-13,19H,7-10,20H2,1H3. The van der Waals surface area contributed by atoms with Gasteiger partial charge >= 0.3 is 0 Å². The van der Waals surface area contributed by atoms with E-state index in [2.05, 4.69) is 4.90 Å². The van der Waals surface area contributed by atoms with Gasteiger partial charge in [0.25, 0.3) is 0 Å². The smallest absolute Gasteiger partial charge is 0.211 e. The number of piperazine rings is 1. The second-order valence-corrected chi connectivity index (χ2v) is 8.14. The normalized spacial score (nSPS) is 16.0. The van der Waals surface area contributed by atoms with Crippen LogP contribution in [0.1, 0.15) is 5.56 Å². The molecule has 0 aliphatic carbocycles. The fourth-order valence-corrected chi connectivity index (χ4v) is 3.96. The second-order valence-electron chi connectivity index (χ2n) is 6.16. The molecule has 1 aliphatic rings. The number of nitrogen functional groups attached to an aromatic ring is 1. The van der Waals surface area contributed by atoms with E-state index in [4.69, 9.17) is 11.1 Å². The molecule has 0 unspecified atom stereocenters. The molecule has 1 heterocycles. The minimum atomic E-state index is -3.17. The van der Waals surface area contributed by atoms with Crippen molar-refractivity contribution in [1.82, 2.24) is 4.31 Å². The highest BCUT2D eigenvalue weighted by molar-refractivity contribution is 7.88. The van der Waals surface area contributed by atoms with Crippen molar-refractivity contribution < 1.29 is 8.42 Å². The number of nitrogens with zero attached hydrogens (tertiary/aromatic N) is 2. The maximum Gasteiger partial charge on any atom is 0.211 e. The Morgan fingerprint density at radius 2 is 1.68 bits per heavy atom. The average molecular weight is 358 g/mol. The molecule has 7 heteroatoms. The number of nitrogens with two attached hydrogens (primary N) is 1. The first-order chi connectivity index (χ1) is 11.9. The lowest BCUT2D eigenvalue weighted by Gasteiger charge is -2.36. The minimum absolute atomic E-state index is 0.436. The van der Waals surface area contributed by atoms with Gasteiger partial charge in [-0.25, -0.2) is 8.42 Å². The lowest BCUT2D eigenvalue weighted by molar-refractivity contribution is 0.388. The van der Waals surface area contributed by atoms with Crippen molar-refractivity contribution >= 4 is 27.6 Å². The highest BCUT2D eigenvalue weighted by Crippen LogP contribution is 2.32. The number of rotatable bonds is 4. The number of hydrogen-bond acceptors (Lipinski definition) is 5. The average Bonchev–Trinajstić information content (AvgIpc) is 2.61. The largest absolute Gasteiger partial charge is 0.398 e. The highest BCUT2D eigenvalue weighted by Gasteiger charge is 2.25. The molecule has 1 aliphatic heterocycles. The predicted octanol–water partition coefficient (Wildman–Crippen LogP) is 2.02. The molecule has 25 heavy (non-hydrogen) atoms. The van der Waals surface area contributed by atoms with E-state index in [0.717, 1.165) is 16.8 Å². The van der Waals surface area contributed by atoms with Gasteiger partial charge in [-0.2, -0.15) is 4.31 Å². The van der Waals surface area contributed by atoms with Gasteiger partial charge in [-0.3, -0.25) is 0 Å². The molecule has 1 fully saturated rings. The summed E-state index contributed by atoms with van der Waals surface area (Å²) in [5.41, 5.74) is 10.3. The topological polar surface area (TPSA) is 90.5 Å². The van der Waals surface area contributed by atoms with Gasteiger partial charge in [0, 0.05) is 49.3 Å². The zero-order valence-corrected chi connectivity index (χ0v) is 15.0. The number of benzene rings is 2. The molecular formula is C18H22N4O2S. The molecule has 0 aromatic heterocycles. The van der Waals surface area contributed by atoms with Crippen molar-refractivity contribution in [3.63, 3.8) is 0 Å². The molecule has 2 aromatic carbocycles. The Bertz CT molecular complexity index is 873. The first kappa shape index (κ1) is 17.4. The fourth-order valence-electron chi connectivity index (χ4n) is 3.14. The number of hydrogen-bond donors (Lipinski definition) is 2. The second kappa shape index (κ2) is 6.85. The third-order valence-electron chi connectivity index (χ3n) is 4.49. The van der Waals surface area contributed by atoms with Crippen LogP contribution in [-0.4, -0.2) is 51.4 Å². The van der Waals surface area contributed by atoms with Crippen molar-refractivity contribution in [2.75, 3.05) is 43.1 Å². The first-order valence-electron chi connectivity index (χ1n) is 8.09. The van der Waals surface area contributed by atoms with E-state index in [9.17, 15) is 8.42 Å². The lowest BCUT2D eigenvalue weighted by Crippen LogP contribution is -2.48. The Hall–Kier alpha value is -2.38. The van der Waals surface area contributed by atoms with Crippen LogP contribution >= 0.6 is 0 Å². The van der Waals surface area contributed by atoms with Crippen molar-refractivity contribution in [2.24, 2.45) is 0 Å². The van der Waals surface area contributed by atoms with E-state index in [1.807, 2.05) is 42.5 Å². The van der Waals surface area contributed by atoms with Crippen LogP contribution in [0.4, 0.5) is 11.4 Å². The summed E-state index contributed by atoms with van der Waals surface area (Å²) in [6, 6.07) is 13.9. The van der Waals surface area contributed by atoms with Gasteiger partial charge in [-0.15, -0.1) is 0 Å². The highest BCUT2D eigenvalue weighted by atomic mass is 32.2. The predicted molar refractivity (Wildman–Crippen MR) is 103 cm³/mol. The molecule has 0 amide bonds. The Morgan fingerprint density at radius 3 is 2.24 bits per heavy atom. The van der Waals surface area contributed by atoms with E-state index in [0.29, 0.717) is 37.4 Å². The number of nitrogens with one attached hydrogen (secondary N) is 1. The SMILES string of the molecule is CS(=O)(=O)N1CCN(c2cc(-c3ccccc3)cc(N)c2C=N)CC1. The monoisotopic (exact) mass is 358 g/mol. The summed E-state index contributed by atoms with van der Waals surface area (Å²) in [6.07, 6.45) is 2.50. The van der Waals surface area contributed by atoms with Crippen LogP contribution in [0.15, 0.2) is 42.5 Å². The van der Waals surface area contributed by atoms with Gasteiger partial charge < -0.3 is 16.0 Å². The van der Waals surface area contributed by atoms with Gasteiger partial charge in [0.05, 0.1) is 6.26 Å². The van der Waals surface area contributed by atoms with Gasteiger partial charge in [-0.05, 0) is 23.3 Å². The van der Waals surface area contributed by atoms with E-state index in [-0.39, 0.29) is 0 Å². The molecular weight excluding hydrogens is 336 g/mol. The maximum absolute atomic E-state index is 11.7. The van der Waals surface area contributed by atoms with Crippen LogP contribution in [0, 0.1) is 5.41 Å². The van der Waals surface area contributed by atoms with Gasteiger partial charge in [-0.1, -0.05) is 30.3 Å². The molecule has 1 saturated heterocycles. The Balaban J connectivity index is 1.95. The molecule has 3 N–H and O–H groups in total. The number of anilines is 2. The van der Waals surface area contributed by atoms with E-state index in [1.165, 1.54) is 16.8 Å². The van der Waals surface area contributed by atoms with Gasteiger partial charge in [0.15, 0.2) is 0 Å². The molecule has 132 valence electrons.